The molecule has 2 aromatic rings. The van der Waals surface area contributed by atoms with Gasteiger partial charge in [0.15, 0.2) is 0 Å². The van der Waals surface area contributed by atoms with Crippen molar-refractivity contribution < 1.29 is 8.42 Å². The Morgan fingerprint density at radius 3 is 2.40 bits per heavy atom. The first-order valence-corrected chi connectivity index (χ1v) is 8.63. The third-order valence-corrected chi connectivity index (χ3v) is 6.26. The third-order valence-electron chi connectivity index (χ3n) is 3.02. The van der Waals surface area contributed by atoms with Crippen LogP contribution in [-0.2, 0) is 16.6 Å². The van der Waals surface area contributed by atoms with Gasteiger partial charge in [0.25, 0.3) is 10.0 Å². The molecule has 0 bridgehead atoms. The van der Waals surface area contributed by atoms with Crippen LogP contribution >= 0.6 is 11.3 Å². The van der Waals surface area contributed by atoms with Crippen LogP contribution in [0.25, 0.3) is 0 Å². The minimum atomic E-state index is -3.54. The van der Waals surface area contributed by atoms with Crippen LogP contribution in [0.3, 0.4) is 0 Å². The van der Waals surface area contributed by atoms with E-state index in [0.717, 1.165) is 9.75 Å². The average Bonchev–Trinajstić information content (AvgIpc) is 2.82. The first-order chi connectivity index (χ1) is 9.50. The molecule has 0 atom stereocenters. The second-order valence-corrected chi connectivity index (χ2v) is 7.51. The summed E-state index contributed by atoms with van der Waals surface area (Å²) in [6.07, 6.45) is 0. The molecular weight excluding hydrogens is 292 g/mol. The highest BCUT2D eigenvalue weighted by Gasteiger charge is 2.26. The molecule has 108 valence electrons. The highest BCUT2D eigenvalue weighted by atomic mass is 32.2. The lowest BCUT2D eigenvalue weighted by Crippen LogP contribution is -2.30. The zero-order valence-corrected chi connectivity index (χ0v) is 13.2. The highest BCUT2D eigenvalue weighted by molar-refractivity contribution is 7.93. The van der Waals surface area contributed by atoms with E-state index in [1.807, 2.05) is 32.0 Å². The van der Waals surface area contributed by atoms with Crippen LogP contribution in [0.5, 0.6) is 0 Å². The van der Waals surface area contributed by atoms with Gasteiger partial charge >= 0.3 is 0 Å². The Morgan fingerprint density at radius 1 is 1.25 bits per heavy atom. The smallest absolute Gasteiger partial charge is 0.265 e. The molecule has 2 N–H and O–H groups in total. The van der Waals surface area contributed by atoms with E-state index in [1.54, 1.807) is 18.2 Å². The minimum absolute atomic E-state index is 0.355. The first-order valence-electron chi connectivity index (χ1n) is 6.38. The fourth-order valence-corrected chi connectivity index (χ4v) is 5.04. The summed E-state index contributed by atoms with van der Waals surface area (Å²) in [7, 11) is -3.54. The van der Waals surface area contributed by atoms with Gasteiger partial charge in [-0.15, -0.1) is 11.3 Å². The zero-order chi connectivity index (χ0) is 14.8. The van der Waals surface area contributed by atoms with Gasteiger partial charge < -0.3 is 5.73 Å². The number of anilines is 1. The third kappa shape index (κ3) is 2.72. The van der Waals surface area contributed by atoms with Crippen LogP contribution in [0.15, 0.2) is 41.3 Å². The van der Waals surface area contributed by atoms with Gasteiger partial charge in [0.05, 0.1) is 5.69 Å². The molecule has 0 unspecified atom stereocenters. The predicted octanol–water partition coefficient (Wildman–Crippen LogP) is 2.73. The molecule has 0 amide bonds. The molecule has 20 heavy (non-hydrogen) atoms. The fraction of sp³-hybridized carbons (Fsp3) is 0.286. The molecule has 0 aliphatic carbocycles. The number of rotatable bonds is 5. The number of para-hydroxylation sites is 1. The summed E-state index contributed by atoms with van der Waals surface area (Å²) in [5.74, 6) is 0. The Labute approximate surface area is 123 Å². The summed E-state index contributed by atoms with van der Waals surface area (Å²) < 4.78 is 27.0. The normalized spacial score (nSPS) is 11.6. The summed E-state index contributed by atoms with van der Waals surface area (Å²) >= 11 is 1.43. The van der Waals surface area contributed by atoms with Gasteiger partial charge in [-0.2, -0.15) is 0 Å². The largest absolute Gasteiger partial charge is 0.326 e. The minimum Gasteiger partial charge on any atom is -0.326 e. The molecule has 0 radical (unpaired) electrons. The van der Waals surface area contributed by atoms with E-state index in [-0.39, 0.29) is 0 Å². The number of nitrogens with zero attached hydrogens (tertiary/aromatic N) is 1. The number of aryl methyl sites for hydroxylation is 1. The van der Waals surface area contributed by atoms with E-state index in [0.29, 0.717) is 23.7 Å². The standard InChI is InChI=1S/C14H18N2O2S2/c1-3-16(12-7-5-4-6-8-12)20(17,18)14-9-13(10-15)19-11(14)2/h4-9H,3,10,15H2,1-2H3. The van der Waals surface area contributed by atoms with Crippen LogP contribution in [-0.4, -0.2) is 15.0 Å². The molecule has 1 aromatic carbocycles. The summed E-state index contributed by atoms with van der Waals surface area (Å²) in [6, 6.07) is 10.8. The van der Waals surface area contributed by atoms with Crippen LogP contribution in [0, 0.1) is 6.92 Å². The van der Waals surface area contributed by atoms with E-state index in [1.165, 1.54) is 15.6 Å². The Bertz CT molecular complexity index is 678. The molecule has 1 heterocycles. The Kier molecular flexibility index (Phi) is 4.47. The molecule has 0 aliphatic rings. The molecular formula is C14H18N2O2S2. The van der Waals surface area contributed by atoms with Gasteiger partial charge in [0.1, 0.15) is 4.90 Å². The maximum atomic E-state index is 12.8. The summed E-state index contributed by atoms with van der Waals surface area (Å²) in [4.78, 5) is 2.01. The van der Waals surface area contributed by atoms with E-state index < -0.39 is 10.0 Å². The maximum Gasteiger partial charge on any atom is 0.265 e. The van der Waals surface area contributed by atoms with Crippen molar-refractivity contribution in [3.63, 3.8) is 0 Å². The van der Waals surface area contributed by atoms with E-state index in [4.69, 9.17) is 5.73 Å². The Morgan fingerprint density at radius 2 is 1.90 bits per heavy atom. The average molecular weight is 310 g/mol. The lowest BCUT2D eigenvalue weighted by atomic mass is 10.3. The second-order valence-electron chi connectivity index (χ2n) is 4.34. The molecule has 2 rings (SSSR count). The van der Waals surface area contributed by atoms with Gasteiger partial charge in [-0.25, -0.2) is 8.42 Å². The number of sulfonamides is 1. The van der Waals surface area contributed by atoms with E-state index in [9.17, 15) is 8.42 Å². The van der Waals surface area contributed by atoms with Crippen molar-refractivity contribution in [2.45, 2.75) is 25.3 Å². The summed E-state index contributed by atoms with van der Waals surface area (Å²) in [6.45, 7) is 4.39. The van der Waals surface area contributed by atoms with Crippen molar-refractivity contribution in [1.82, 2.24) is 0 Å². The van der Waals surface area contributed by atoms with Crippen molar-refractivity contribution in [1.29, 1.82) is 0 Å². The lowest BCUT2D eigenvalue weighted by Gasteiger charge is -2.22. The molecule has 0 aliphatic heterocycles. The van der Waals surface area contributed by atoms with Gasteiger partial charge in [-0.05, 0) is 32.0 Å². The fourth-order valence-electron chi connectivity index (χ4n) is 2.09. The Balaban J connectivity index is 2.49. The number of hydrogen-bond donors (Lipinski definition) is 1. The molecule has 0 spiro atoms. The number of benzene rings is 1. The van der Waals surface area contributed by atoms with Gasteiger partial charge in [0.2, 0.25) is 0 Å². The van der Waals surface area contributed by atoms with Crippen molar-refractivity contribution in [2.75, 3.05) is 10.8 Å². The lowest BCUT2D eigenvalue weighted by molar-refractivity contribution is 0.591. The molecule has 0 fully saturated rings. The van der Waals surface area contributed by atoms with Crippen molar-refractivity contribution in [3.05, 3.63) is 46.2 Å². The van der Waals surface area contributed by atoms with Crippen LogP contribution in [0.1, 0.15) is 16.7 Å². The van der Waals surface area contributed by atoms with Crippen molar-refractivity contribution in [3.8, 4) is 0 Å². The molecule has 4 nitrogen and oxygen atoms in total. The van der Waals surface area contributed by atoms with Gasteiger partial charge in [0, 0.05) is 22.8 Å². The Hall–Kier alpha value is -1.37. The molecule has 6 heteroatoms. The predicted molar refractivity (Wildman–Crippen MR) is 83.6 cm³/mol. The monoisotopic (exact) mass is 310 g/mol. The van der Waals surface area contributed by atoms with Crippen LogP contribution < -0.4 is 10.0 Å². The first kappa shape index (κ1) is 15.0. The van der Waals surface area contributed by atoms with Crippen LogP contribution in [0.4, 0.5) is 5.69 Å². The SMILES string of the molecule is CCN(c1ccccc1)S(=O)(=O)c1cc(CN)sc1C. The second kappa shape index (κ2) is 5.95. The summed E-state index contributed by atoms with van der Waals surface area (Å²) in [5, 5.41) is 0. The maximum absolute atomic E-state index is 12.8. The van der Waals surface area contributed by atoms with Crippen molar-refractivity contribution in [2.24, 2.45) is 5.73 Å². The van der Waals surface area contributed by atoms with Gasteiger partial charge in [-0.1, -0.05) is 18.2 Å². The number of hydrogen-bond acceptors (Lipinski definition) is 4. The zero-order valence-electron chi connectivity index (χ0n) is 11.5. The molecule has 0 saturated heterocycles. The molecule has 1 aromatic heterocycles. The van der Waals surface area contributed by atoms with Crippen LogP contribution in [0.2, 0.25) is 0 Å². The number of nitrogens with two attached hydrogens (primary N) is 1. The van der Waals surface area contributed by atoms with Crippen molar-refractivity contribution >= 4 is 27.0 Å². The van der Waals surface area contributed by atoms with Gasteiger partial charge in [-0.3, -0.25) is 4.31 Å². The highest BCUT2D eigenvalue weighted by Crippen LogP contribution is 2.30. The summed E-state index contributed by atoms with van der Waals surface area (Å²) in [5.41, 5.74) is 6.27. The number of thiophene rings is 1. The quantitative estimate of drug-likeness (QED) is 0.923. The van der Waals surface area contributed by atoms with E-state index >= 15 is 0 Å². The van der Waals surface area contributed by atoms with E-state index in [2.05, 4.69) is 0 Å². The topological polar surface area (TPSA) is 63.4 Å². The molecule has 0 saturated carbocycles.